The standard InChI is InChI=1S/C23H21ClN3O2P/c1-28-21-25-22(29-2)27-23(26-21)30(24,18-12-6-3-7-13-18,19-14-8-4-9-15-19)20-16-10-5-11-17-20/h3-17H,1-2H3. The fourth-order valence-corrected chi connectivity index (χ4v) is 9.19. The van der Waals surface area contributed by atoms with Gasteiger partial charge in [-0.05, 0) is 0 Å². The Bertz CT molecular complexity index is 1020. The Hall–Kier alpha value is -3.01. The van der Waals surface area contributed by atoms with E-state index >= 15 is 0 Å². The minimum atomic E-state index is -3.87. The monoisotopic (exact) mass is 437 g/mol. The molecule has 1 aromatic heterocycles. The molecule has 5 nitrogen and oxygen atoms in total. The Labute approximate surface area is 180 Å². The van der Waals surface area contributed by atoms with Crippen molar-refractivity contribution in [3.05, 3.63) is 91.0 Å². The number of rotatable bonds is 6. The number of ether oxygens (including phenoxy) is 2. The number of nitrogens with zero attached hydrogens (tertiary/aromatic N) is 3. The van der Waals surface area contributed by atoms with E-state index in [1.165, 1.54) is 14.2 Å². The van der Waals surface area contributed by atoms with Gasteiger partial charge in [-0.15, -0.1) is 0 Å². The summed E-state index contributed by atoms with van der Waals surface area (Å²) in [6.07, 6.45) is 0. The number of hydrogen-bond donors (Lipinski definition) is 0. The molecule has 152 valence electrons. The van der Waals surface area contributed by atoms with Crippen LogP contribution in [0.25, 0.3) is 0 Å². The molecule has 0 spiro atoms. The molecule has 30 heavy (non-hydrogen) atoms. The molecule has 4 aromatic rings. The van der Waals surface area contributed by atoms with Crippen LogP contribution in [0.15, 0.2) is 91.0 Å². The third-order valence-electron chi connectivity index (χ3n) is 5.05. The van der Waals surface area contributed by atoms with Gasteiger partial charge in [0, 0.05) is 0 Å². The summed E-state index contributed by atoms with van der Waals surface area (Å²) in [5.74, 6) is -3.87. The zero-order chi connectivity index (χ0) is 21.1. The van der Waals surface area contributed by atoms with Gasteiger partial charge in [-0.3, -0.25) is 0 Å². The Kier molecular flexibility index (Phi) is 5.42. The number of aromatic nitrogens is 3. The zero-order valence-corrected chi connectivity index (χ0v) is 18.3. The van der Waals surface area contributed by atoms with Crippen LogP contribution in [-0.2, 0) is 0 Å². The van der Waals surface area contributed by atoms with Crippen molar-refractivity contribution in [3.63, 3.8) is 0 Å². The average molecular weight is 438 g/mol. The molecule has 0 aliphatic heterocycles. The van der Waals surface area contributed by atoms with Crippen molar-refractivity contribution >= 4 is 38.7 Å². The molecule has 0 unspecified atom stereocenters. The first-order valence-electron chi connectivity index (χ1n) is 9.36. The first-order chi connectivity index (χ1) is 14.6. The van der Waals surface area contributed by atoms with Gasteiger partial charge in [0.25, 0.3) is 0 Å². The van der Waals surface area contributed by atoms with E-state index in [2.05, 4.69) is 15.0 Å². The maximum absolute atomic E-state index is 8.02. The second kappa shape index (κ2) is 8.02. The fraction of sp³-hybridized carbons (Fsp3) is 0.0870. The normalized spacial score (nSPS) is 12.6. The molecule has 0 saturated carbocycles. The predicted octanol–water partition coefficient (Wildman–Crippen LogP) is 3.20. The van der Waals surface area contributed by atoms with Gasteiger partial charge >= 0.3 is 180 Å². The second-order valence-electron chi connectivity index (χ2n) is 6.62. The summed E-state index contributed by atoms with van der Waals surface area (Å²) < 4.78 is 10.7. The summed E-state index contributed by atoms with van der Waals surface area (Å²) in [4.78, 5) is 13.5. The maximum atomic E-state index is 8.02. The van der Waals surface area contributed by atoms with E-state index in [0.717, 1.165) is 15.9 Å². The molecular formula is C23H21ClN3O2P. The van der Waals surface area contributed by atoms with Crippen LogP contribution in [0.4, 0.5) is 0 Å². The SMILES string of the molecule is COc1nc(OC)nc(P(Cl)(c2ccccc2)(c2ccccc2)c2ccccc2)n1. The summed E-state index contributed by atoms with van der Waals surface area (Å²) in [6.45, 7) is 0. The molecule has 0 aliphatic rings. The van der Waals surface area contributed by atoms with E-state index in [1.807, 2.05) is 91.0 Å². The van der Waals surface area contributed by atoms with Gasteiger partial charge in [0.1, 0.15) is 0 Å². The average Bonchev–Trinajstić information content (AvgIpc) is 2.85. The number of benzene rings is 3. The van der Waals surface area contributed by atoms with Gasteiger partial charge in [-0.25, -0.2) is 0 Å². The van der Waals surface area contributed by atoms with Crippen molar-refractivity contribution < 1.29 is 9.47 Å². The van der Waals surface area contributed by atoms with Crippen LogP contribution < -0.4 is 31.0 Å². The molecule has 0 radical (unpaired) electrons. The van der Waals surface area contributed by atoms with Crippen LogP contribution in [0.2, 0.25) is 0 Å². The Morgan fingerprint density at radius 3 is 1.20 bits per heavy atom. The molecule has 0 saturated heterocycles. The second-order valence-corrected chi connectivity index (χ2v) is 12.6. The zero-order valence-electron chi connectivity index (χ0n) is 16.6. The Morgan fingerprint density at radius 2 is 0.900 bits per heavy atom. The summed E-state index contributed by atoms with van der Waals surface area (Å²) in [7, 11) is 3.02. The van der Waals surface area contributed by atoms with Crippen LogP contribution in [0.3, 0.4) is 0 Å². The molecule has 4 rings (SSSR count). The first kappa shape index (κ1) is 20.3. The van der Waals surface area contributed by atoms with Crippen molar-refractivity contribution in [2.45, 2.75) is 0 Å². The molecule has 7 heteroatoms. The van der Waals surface area contributed by atoms with Crippen LogP contribution >= 0.6 is 17.2 Å². The number of halogens is 1. The molecule has 0 atom stereocenters. The van der Waals surface area contributed by atoms with Crippen molar-refractivity contribution in [1.82, 2.24) is 15.0 Å². The molecule has 0 N–H and O–H groups in total. The summed E-state index contributed by atoms with van der Waals surface area (Å²) in [5, 5.41) is 2.74. The molecule has 0 amide bonds. The van der Waals surface area contributed by atoms with Gasteiger partial charge in [-0.1, -0.05) is 0 Å². The van der Waals surface area contributed by atoms with E-state index < -0.39 is 5.96 Å². The number of hydrogen-bond acceptors (Lipinski definition) is 5. The first-order valence-corrected chi connectivity index (χ1v) is 12.5. The molecule has 0 aliphatic carbocycles. The van der Waals surface area contributed by atoms with Gasteiger partial charge < -0.3 is 0 Å². The quantitative estimate of drug-likeness (QED) is 0.434. The molecular weight excluding hydrogens is 417 g/mol. The van der Waals surface area contributed by atoms with E-state index in [-0.39, 0.29) is 12.0 Å². The summed E-state index contributed by atoms with van der Waals surface area (Å²) in [5.41, 5.74) is 0.412. The molecule has 0 bridgehead atoms. The van der Waals surface area contributed by atoms with Crippen molar-refractivity contribution in [2.75, 3.05) is 14.2 Å². The van der Waals surface area contributed by atoms with E-state index in [1.54, 1.807) is 0 Å². The summed E-state index contributed by atoms with van der Waals surface area (Å²) >= 11 is 8.02. The predicted molar refractivity (Wildman–Crippen MR) is 124 cm³/mol. The van der Waals surface area contributed by atoms with Gasteiger partial charge in [0.05, 0.1) is 0 Å². The molecule has 3 aromatic carbocycles. The van der Waals surface area contributed by atoms with E-state index in [4.69, 9.17) is 20.7 Å². The molecule has 0 fully saturated rings. The van der Waals surface area contributed by atoms with Gasteiger partial charge in [0.15, 0.2) is 0 Å². The van der Waals surface area contributed by atoms with Crippen LogP contribution in [0, 0.1) is 0 Å². The summed E-state index contributed by atoms with van der Waals surface area (Å²) in [6, 6.07) is 30.2. The minimum absolute atomic E-state index is 0.147. The van der Waals surface area contributed by atoms with E-state index in [9.17, 15) is 0 Å². The van der Waals surface area contributed by atoms with E-state index in [0.29, 0.717) is 5.57 Å². The fourth-order valence-electron chi connectivity index (χ4n) is 3.62. The van der Waals surface area contributed by atoms with Gasteiger partial charge in [-0.2, -0.15) is 0 Å². The van der Waals surface area contributed by atoms with Gasteiger partial charge in [0.2, 0.25) is 0 Å². The Morgan fingerprint density at radius 1 is 0.567 bits per heavy atom. The Balaban J connectivity index is 2.24. The van der Waals surface area contributed by atoms with Crippen molar-refractivity contribution in [1.29, 1.82) is 0 Å². The van der Waals surface area contributed by atoms with Crippen LogP contribution in [0.5, 0.6) is 12.0 Å². The third kappa shape index (κ3) is 3.02. The van der Waals surface area contributed by atoms with Crippen molar-refractivity contribution in [3.8, 4) is 12.0 Å². The molecule has 1 heterocycles. The van der Waals surface area contributed by atoms with Crippen molar-refractivity contribution in [2.24, 2.45) is 0 Å². The third-order valence-corrected chi connectivity index (χ3v) is 12.0. The van der Waals surface area contributed by atoms with Crippen LogP contribution in [-0.4, -0.2) is 29.2 Å². The number of methoxy groups -OCH3 is 2. The topological polar surface area (TPSA) is 57.1 Å². The van der Waals surface area contributed by atoms with Crippen LogP contribution in [0.1, 0.15) is 0 Å².